The van der Waals surface area contributed by atoms with Crippen LogP contribution in [0.4, 0.5) is 8.78 Å². The summed E-state index contributed by atoms with van der Waals surface area (Å²) in [5.41, 5.74) is -0.0711. The van der Waals surface area contributed by atoms with Gasteiger partial charge in [-0.3, -0.25) is 0 Å². The van der Waals surface area contributed by atoms with Crippen molar-refractivity contribution in [3.8, 4) is 6.07 Å². The molecule has 5 heteroatoms. The largest absolute Gasteiger partial charge is 0.380 e. The van der Waals surface area contributed by atoms with Crippen LogP contribution in [0.25, 0.3) is 0 Å². The summed E-state index contributed by atoms with van der Waals surface area (Å²) < 4.78 is 31.4. The first kappa shape index (κ1) is 11.9. The molecule has 0 N–H and O–H groups in total. The molecule has 15 heavy (non-hydrogen) atoms. The van der Waals surface area contributed by atoms with Crippen LogP contribution in [-0.2, 0) is 17.8 Å². The van der Waals surface area contributed by atoms with Crippen LogP contribution >= 0.6 is 11.6 Å². The lowest BCUT2D eigenvalue weighted by Crippen LogP contribution is -2.02. The van der Waals surface area contributed by atoms with Gasteiger partial charge in [0.1, 0.15) is 0 Å². The van der Waals surface area contributed by atoms with Gasteiger partial charge in [-0.25, -0.2) is 8.78 Å². The maximum Gasteiger partial charge on any atom is 0.166 e. The maximum atomic E-state index is 13.4. The summed E-state index contributed by atoms with van der Waals surface area (Å²) >= 11 is 5.73. The van der Waals surface area contributed by atoms with Gasteiger partial charge in [0.2, 0.25) is 0 Å². The van der Waals surface area contributed by atoms with Crippen molar-refractivity contribution in [1.29, 1.82) is 5.26 Å². The smallest absolute Gasteiger partial charge is 0.166 e. The van der Waals surface area contributed by atoms with E-state index in [0.29, 0.717) is 0 Å². The lowest BCUT2D eigenvalue weighted by molar-refractivity contribution is 0.180. The third kappa shape index (κ3) is 2.44. The molecule has 0 fully saturated rings. The van der Waals surface area contributed by atoms with Crippen LogP contribution in [-0.4, -0.2) is 7.11 Å². The van der Waals surface area contributed by atoms with Gasteiger partial charge in [0, 0.05) is 23.3 Å². The number of hydrogen-bond acceptors (Lipinski definition) is 2. The quantitative estimate of drug-likeness (QED) is 0.750. The summed E-state index contributed by atoms with van der Waals surface area (Å²) in [5, 5.41) is 8.46. The second-order valence-corrected chi connectivity index (χ2v) is 3.30. The summed E-state index contributed by atoms with van der Waals surface area (Å²) in [5.74, 6) is -2.08. The molecule has 1 aromatic rings. The van der Waals surface area contributed by atoms with Crippen molar-refractivity contribution in [3.05, 3.63) is 33.9 Å². The fourth-order valence-electron chi connectivity index (χ4n) is 1.17. The highest BCUT2D eigenvalue weighted by molar-refractivity contribution is 6.31. The molecule has 0 saturated carbocycles. The van der Waals surface area contributed by atoms with E-state index in [1.54, 1.807) is 6.07 Å². The van der Waals surface area contributed by atoms with Crippen LogP contribution in [0.3, 0.4) is 0 Å². The van der Waals surface area contributed by atoms with Gasteiger partial charge in [0.25, 0.3) is 0 Å². The number of nitrogens with zero attached hydrogens (tertiary/aromatic N) is 1. The van der Waals surface area contributed by atoms with E-state index in [0.717, 1.165) is 0 Å². The van der Waals surface area contributed by atoms with Gasteiger partial charge < -0.3 is 4.74 Å². The molecule has 80 valence electrons. The number of nitriles is 1. The first-order valence-corrected chi connectivity index (χ1v) is 4.50. The molecule has 0 radical (unpaired) electrons. The van der Waals surface area contributed by atoms with Crippen molar-refractivity contribution in [2.75, 3.05) is 7.11 Å². The standard InChI is InChI=1S/C10H8ClF2NO/c1-15-5-7-8(11)4-6(2-3-14)9(12)10(7)13/h4H,2,5H2,1H3. The van der Waals surface area contributed by atoms with Crippen LogP contribution in [0.5, 0.6) is 0 Å². The highest BCUT2D eigenvalue weighted by atomic mass is 35.5. The van der Waals surface area contributed by atoms with Gasteiger partial charge >= 0.3 is 0 Å². The van der Waals surface area contributed by atoms with Crippen LogP contribution < -0.4 is 0 Å². The molecule has 0 aliphatic rings. The van der Waals surface area contributed by atoms with Crippen LogP contribution in [0.1, 0.15) is 11.1 Å². The Morgan fingerprint density at radius 3 is 2.67 bits per heavy atom. The molecule has 0 unspecified atom stereocenters. The number of ether oxygens (including phenoxy) is 1. The normalized spacial score (nSPS) is 10.1. The summed E-state index contributed by atoms with van der Waals surface area (Å²) in [6.45, 7) is -0.103. The van der Waals surface area contributed by atoms with Crippen molar-refractivity contribution >= 4 is 11.6 Å². The average Bonchev–Trinajstić information content (AvgIpc) is 2.21. The van der Waals surface area contributed by atoms with E-state index in [4.69, 9.17) is 16.9 Å². The van der Waals surface area contributed by atoms with Gasteiger partial charge in [-0.1, -0.05) is 11.6 Å². The lowest BCUT2D eigenvalue weighted by Gasteiger charge is -2.08. The van der Waals surface area contributed by atoms with Crippen LogP contribution in [0.2, 0.25) is 5.02 Å². The second-order valence-electron chi connectivity index (χ2n) is 2.89. The molecule has 0 aliphatic carbocycles. The molecule has 0 bridgehead atoms. The maximum absolute atomic E-state index is 13.4. The van der Waals surface area contributed by atoms with E-state index in [1.165, 1.54) is 13.2 Å². The Morgan fingerprint density at radius 2 is 2.13 bits per heavy atom. The molecule has 0 amide bonds. The van der Waals surface area contributed by atoms with Gasteiger partial charge in [-0.2, -0.15) is 5.26 Å². The molecule has 0 heterocycles. The second kappa shape index (κ2) is 5.06. The van der Waals surface area contributed by atoms with E-state index in [2.05, 4.69) is 4.74 Å². The first-order valence-electron chi connectivity index (χ1n) is 4.13. The Balaban J connectivity index is 3.25. The molecule has 0 aromatic heterocycles. The molecular formula is C10H8ClF2NO. The predicted molar refractivity (Wildman–Crippen MR) is 51.4 cm³/mol. The highest BCUT2D eigenvalue weighted by Gasteiger charge is 2.16. The summed E-state index contributed by atoms with van der Waals surface area (Å²) in [6, 6.07) is 2.98. The van der Waals surface area contributed by atoms with Crippen LogP contribution in [0, 0.1) is 23.0 Å². The Bertz CT molecular complexity index is 415. The van der Waals surface area contributed by atoms with Crippen molar-refractivity contribution in [3.63, 3.8) is 0 Å². The van der Waals surface area contributed by atoms with E-state index >= 15 is 0 Å². The molecule has 0 saturated heterocycles. The third-order valence-corrected chi connectivity index (χ3v) is 2.22. The third-order valence-electron chi connectivity index (χ3n) is 1.89. The monoisotopic (exact) mass is 231 g/mol. The van der Waals surface area contributed by atoms with Crippen molar-refractivity contribution in [1.82, 2.24) is 0 Å². The van der Waals surface area contributed by atoms with Crippen molar-refractivity contribution < 1.29 is 13.5 Å². The Morgan fingerprint density at radius 1 is 1.47 bits per heavy atom. The summed E-state index contributed by atoms with van der Waals surface area (Å²) in [4.78, 5) is 0. The summed E-state index contributed by atoms with van der Waals surface area (Å²) in [6.07, 6.45) is -0.213. The Hall–Kier alpha value is -1.18. The zero-order valence-corrected chi connectivity index (χ0v) is 8.74. The minimum Gasteiger partial charge on any atom is -0.380 e. The molecule has 1 rings (SSSR count). The molecule has 0 spiro atoms. The van der Waals surface area contributed by atoms with Gasteiger partial charge in [0.05, 0.1) is 19.1 Å². The fraction of sp³-hybridized carbons (Fsp3) is 0.300. The van der Waals surface area contributed by atoms with Gasteiger partial charge in [-0.15, -0.1) is 0 Å². The Labute approximate surface area is 91.0 Å². The zero-order valence-electron chi connectivity index (χ0n) is 7.98. The summed E-state index contributed by atoms with van der Waals surface area (Å²) in [7, 11) is 1.36. The van der Waals surface area contributed by atoms with E-state index < -0.39 is 11.6 Å². The van der Waals surface area contributed by atoms with E-state index in [-0.39, 0.29) is 29.2 Å². The molecule has 2 nitrogen and oxygen atoms in total. The minimum absolute atomic E-state index is 0.0293. The number of rotatable bonds is 3. The average molecular weight is 232 g/mol. The SMILES string of the molecule is COCc1c(Cl)cc(CC#N)c(F)c1F. The van der Waals surface area contributed by atoms with Crippen LogP contribution in [0.15, 0.2) is 6.07 Å². The minimum atomic E-state index is -1.05. The highest BCUT2D eigenvalue weighted by Crippen LogP contribution is 2.25. The molecule has 1 aromatic carbocycles. The van der Waals surface area contributed by atoms with Crippen molar-refractivity contribution in [2.45, 2.75) is 13.0 Å². The van der Waals surface area contributed by atoms with E-state index in [1.807, 2.05) is 0 Å². The number of methoxy groups -OCH3 is 1. The zero-order chi connectivity index (χ0) is 11.4. The first-order chi connectivity index (χ1) is 7.11. The Kier molecular flexibility index (Phi) is 4.01. The predicted octanol–water partition coefficient (Wildman–Crippen LogP) is 2.83. The van der Waals surface area contributed by atoms with E-state index in [9.17, 15) is 8.78 Å². The van der Waals surface area contributed by atoms with Gasteiger partial charge in [-0.05, 0) is 6.07 Å². The molecular weight excluding hydrogens is 224 g/mol. The molecule has 0 aliphatic heterocycles. The van der Waals surface area contributed by atoms with Gasteiger partial charge in [0.15, 0.2) is 11.6 Å². The number of hydrogen-bond donors (Lipinski definition) is 0. The number of benzene rings is 1. The van der Waals surface area contributed by atoms with Crippen molar-refractivity contribution in [2.24, 2.45) is 0 Å². The molecule has 0 atom stereocenters. The number of halogens is 3. The fourth-order valence-corrected chi connectivity index (χ4v) is 1.44. The topological polar surface area (TPSA) is 33.0 Å². The lowest BCUT2D eigenvalue weighted by atomic mass is 10.1.